The number of hydrogen-bond acceptors (Lipinski definition) is 6. The highest BCUT2D eigenvalue weighted by Gasteiger charge is 2.27. The number of piperazine rings is 1. The molecule has 1 aliphatic heterocycles. The maximum absolute atomic E-state index is 12.8. The molecule has 9 nitrogen and oxygen atoms in total. The summed E-state index contributed by atoms with van der Waals surface area (Å²) in [7, 11) is -5.58. The van der Waals surface area contributed by atoms with Gasteiger partial charge in [-0.05, 0) is 62.5 Å². The van der Waals surface area contributed by atoms with E-state index in [1.165, 1.54) is 59.8 Å². The third kappa shape index (κ3) is 5.85. The van der Waals surface area contributed by atoms with Gasteiger partial charge < -0.3 is 10.2 Å². The van der Waals surface area contributed by atoms with Gasteiger partial charge in [-0.25, -0.2) is 16.8 Å². The van der Waals surface area contributed by atoms with Crippen LogP contribution in [0.5, 0.6) is 0 Å². The average molecular weight is 501 g/mol. The standard InChI is InChI=1S/C20H25ClN4O5S2/c1-15(23-31(27,28)18-7-3-16(21)4-8-18)20(26)22-17-5-9-19(10-6-17)32(29,30)25-13-11-24(2)12-14-25/h3-10,15,23H,11-14H2,1-2H3,(H,22,26)/t15-/m0/s1. The zero-order chi connectivity index (χ0) is 23.5. The molecule has 0 aromatic heterocycles. The van der Waals surface area contributed by atoms with Gasteiger partial charge >= 0.3 is 0 Å². The fourth-order valence-electron chi connectivity index (χ4n) is 3.11. The lowest BCUT2D eigenvalue weighted by molar-refractivity contribution is -0.117. The third-order valence-corrected chi connectivity index (χ3v) is 8.79. The molecule has 2 N–H and O–H groups in total. The van der Waals surface area contributed by atoms with Gasteiger partial charge in [-0.2, -0.15) is 9.03 Å². The minimum Gasteiger partial charge on any atom is -0.325 e. The van der Waals surface area contributed by atoms with Gasteiger partial charge in [-0.1, -0.05) is 11.6 Å². The molecule has 0 bridgehead atoms. The van der Waals surface area contributed by atoms with Crippen LogP contribution in [-0.2, 0) is 24.8 Å². The number of amides is 1. The van der Waals surface area contributed by atoms with Crippen LogP contribution < -0.4 is 10.0 Å². The number of hydrogen-bond donors (Lipinski definition) is 2. The molecule has 12 heteroatoms. The highest BCUT2D eigenvalue weighted by atomic mass is 35.5. The summed E-state index contributed by atoms with van der Waals surface area (Å²) in [6, 6.07) is 10.3. The lowest BCUT2D eigenvalue weighted by atomic mass is 10.3. The maximum atomic E-state index is 12.8. The van der Waals surface area contributed by atoms with Gasteiger partial charge in [0.05, 0.1) is 15.8 Å². The van der Waals surface area contributed by atoms with Crippen molar-refractivity contribution in [3.05, 3.63) is 53.6 Å². The van der Waals surface area contributed by atoms with Gasteiger partial charge in [-0.3, -0.25) is 4.79 Å². The number of anilines is 1. The Labute approximate surface area is 193 Å². The van der Waals surface area contributed by atoms with Gasteiger partial charge in [0, 0.05) is 36.9 Å². The normalized spacial score (nSPS) is 17.1. The van der Waals surface area contributed by atoms with Gasteiger partial charge in [0.2, 0.25) is 26.0 Å². The van der Waals surface area contributed by atoms with E-state index in [4.69, 9.17) is 11.6 Å². The number of rotatable bonds is 7. The van der Waals surface area contributed by atoms with Crippen LogP contribution in [0.3, 0.4) is 0 Å². The highest BCUT2D eigenvalue weighted by Crippen LogP contribution is 2.20. The number of halogens is 1. The number of carbonyl (C=O) groups is 1. The molecule has 0 unspecified atom stereocenters. The topological polar surface area (TPSA) is 116 Å². The summed E-state index contributed by atoms with van der Waals surface area (Å²) in [5.41, 5.74) is 0.352. The number of benzene rings is 2. The van der Waals surface area contributed by atoms with E-state index in [0.29, 0.717) is 36.9 Å². The van der Waals surface area contributed by atoms with Crippen molar-refractivity contribution < 1.29 is 21.6 Å². The van der Waals surface area contributed by atoms with Gasteiger partial charge in [0.15, 0.2) is 0 Å². The van der Waals surface area contributed by atoms with E-state index < -0.39 is 32.0 Å². The Hall–Kier alpha value is -2.02. The molecule has 174 valence electrons. The largest absolute Gasteiger partial charge is 0.325 e. The van der Waals surface area contributed by atoms with Crippen molar-refractivity contribution >= 4 is 43.2 Å². The van der Waals surface area contributed by atoms with E-state index in [1.807, 2.05) is 7.05 Å². The minimum absolute atomic E-state index is 0.0139. The van der Waals surface area contributed by atoms with Crippen molar-refractivity contribution in [3.63, 3.8) is 0 Å². The summed E-state index contributed by atoms with van der Waals surface area (Å²) in [5.74, 6) is -0.586. The number of nitrogens with zero attached hydrogens (tertiary/aromatic N) is 2. The molecule has 2 aromatic carbocycles. The van der Waals surface area contributed by atoms with Crippen molar-refractivity contribution in [2.45, 2.75) is 22.8 Å². The Bertz CT molecular complexity index is 1160. The number of carbonyl (C=O) groups excluding carboxylic acids is 1. The van der Waals surface area contributed by atoms with Crippen molar-refractivity contribution in [1.29, 1.82) is 0 Å². The third-order valence-electron chi connectivity index (χ3n) is 5.07. The fraction of sp³-hybridized carbons (Fsp3) is 0.350. The molecule has 2 aromatic rings. The average Bonchev–Trinajstić information content (AvgIpc) is 2.74. The summed E-state index contributed by atoms with van der Waals surface area (Å²) in [4.78, 5) is 14.6. The number of nitrogens with one attached hydrogen (secondary N) is 2. The molecule has 1 aliphatic rings. The zero-order valence-corrected chi connectivity index (χ0v) is 20.0. The predicted molar refractivity (Wildman–Crippen MR) is 123 cm³/mol. The second-order valence-electron chi connectivity index (χ2n) is 7.52. The molecule has 0 radical (unpaired) electrons. The number of likely N-dealkylation sites (N-methyl/N-ethyl adjacent to an activating group) is 1. The molecule has 0 spiro atoms. The molecule has 1 saturated heterocycles. The SMILES string of the molecule is C[C@H](NS(=O)(=O)c1ccc(Cl)cc1)C(=O)Nc1ccc(S(=O)(=O)N2CCN(C)CC2)cc1. The molecular formula is C20H25ClN4O5S2. The Morgan fingerprint density at radius 1 is 0.906 bits per heavy atom. The lowest BCUT2D eigenvalue weighted by Crippen LogP contribution is -2.47. The molecule has 0 aliphatic carbocycles. The highest BCUT2D eigenvalue weighted by molar-refractivity contribution is 7.89. The van der Waals surface area contributed by atoms with E-state index >= 15 is 0 Å². The van der Waals surface area contributed by atoms with Crippen LogP contribution in [0.4, 0.5) is 5.69 Å². The first-order valence-electron chi connectivity index (χ1n) is 9.86. The first-order valence-corrected chi connectivity index (χ1v) is 13.2. The molecule has 1 amide bonds. The van der Waals surface area contributed by atoms with Gasteiger partial charge in [0.25, 0.3) is 0 Å². The molecular weight excluding hydrogens is 476 g/mol. The summed E-state index contributed by atoms with van der Waals surface area (Å²) in [6.45, 7) is 3.58. The van der Waals surface area contributed by atoms with Crippen molar-refractivity contribution in [2.75, 3.05) is 38.5 Å². The van der Waals surface area contributed by atoms with Gasteiger partial charge in [-0.15, -0.1) is 0 Å². The second kappa shape index (κ2) is 9.86. The zero-order valence-electron chi connectivity index (χ0n) is 17.7. The first kappa shape index (κ1) is 24.6. The summed E-state index contributed by atoms with van der Waals surface area (Å²) < 4.78 is 54.2. The fourth-order valence-corrected chi connectivity index (χ4v) is 5.86. The van der Waals surface area contributed by atoms with E-state index in [2.05, 4.69) is 14.9 Å². The Morgan fingerprint density at radius 2 is 1.44 bits per heavy atom. The van der Waals surface area contributed by atoms with Crippen LogP contribution in [0.2, 0.25) is 5.02 Å². The first-order chi connectivity index (χ1) is 15.0. The Morgan fingerprint density at radius 3 is 2.00 bits per heavy atom. The molecule has 1 atom stereocenters. The maximum Gasteiger partial charge on any atom is 0.243 e. The smallest absolute Gasteiger partial charge is 0.243 e. The number of sulfonamides is 2. The van der Waals surface area contributed by atoms with Crippen LogP contribution >= 0.6 is 11.6 Å². The Kier molecular flexibility index (Phi) is 7.58. The second-order valence-corrected chi connectivity index (χ2v) is 11.6. The molecule has 3 rings (SSSR count). The van der Waals surface area contributed by atoms with Crippen LogP contribution in [0.25, 0.3) is 0 Å². The van der Waals surface area contributed by atoms with Crippen molar-refractivity contribution in [3.8, 4) is 0 Å². The molecule has 32 heavy (non-hydrogen) atoms. The predicted octanol–water partition coefficient (Wildman–Crippen LogP) is 1.58. The van der Waals surface area contributed by atoms with E-state index in [0.717, 1.165) is 0 Å². The molecule has 1 fully saturated rings. The molecule has 1 heterocycles. The van der Waals surface area contributed by atoms with Crippen molar-refractivity contribution in [1.82, 2.24) is 13.9 Å². The van der Waals surface area contributed by atoms with E-state index in [9.17, 15) is 21.6 Å². The Balaban J connectivity index is 1.63. The van der Waals surface area contributed by atoms with Crippen LogP contribution in [-0.4, -0.2) is 71.2 Å². The summed E-state index contributed by atoms with van der Waals surface area (Å²) in [5, 5.41) is 2.98. The summed E-state index contributed by atoms with van der Waals surface area (Å²) in [6.07, 6.45) is 0. The van der Waals surface area contributed by atoms with Gasteiger partial charge in [0.1, 0.15) is 0 Å². The monoisotopic (exact) mass is 500 g/mol. The lowest BCUT2D eigenvalue weighted by Gasteiger charge is -2.31. The van der Waals surface area contributed by atoms with E-state index in [1.54, 1.807) is 0 Å². The van der Waals surface area contributed by atoms with Crippen LogP contribution in [0.1, 0.15) is 6.92 Å². The van der Waals surface area contributed by atoms with Crippen LogP contribution in [0.15, 0.2) is 58.3 Å². The van der Waals surface area contributed by atoms with E-state index in [-0.39, 0.29) is 9.79 Å². The minimum atomic E-state index is -3.91. The quantitative estimate of drug-likeness (QED) is 0.596. The van der Waals surface area contributed by atoms with Crippen LogP contribution in [0, 0.1) is 0 Å². The summed E-state index contributed by atoms with van der Waals surface area (Å²) >= 11 is 5.78. The molecule has 0 saturated carbocycles. The van der Waals surface area contributed by atoms with Crippen molar-refractivity contribution in [2.24, 2.45) is 0 Å².